The lowest BCUT2D eigenvalue weighted by molar-refractivity contribution is 0.458. The minimum Gasteiger partial charge on any atom is -0.327 e. The fourth-order valence-corrected chi connectivity index (χ4v) is 3.40. The van der Waals surface area contributed by atoms with Gasteiger partial charge in [-0.05, 0) is 36.0 Å². The van der Waals surface area contributed by atoms with E-state index in [-0.39, 0.29) is 0 Å². The van der Waals surface area contributed by atoms with Gasteiger partial charge in [0.25, 0.3) is 0 Å². The second-order valence-electron chi connectivity index (χ2n) is 5.65. The first-order chi connectivity index (χ1) is 10.4. The summed E-state index contributed by atoms with van der Waals surface area (Å²) in [6, 6.07) is 19.8. The highest BCUT2D eigenvalue weighted by atomic mass is 15.1. The summed E-state index contributed by atoms with van der Waals surface area (Å²) in [6.07, 6.45) is 7.56. The van der Waals surface area contributed by atoms with E-state index in [2.05, 4.69) is 64.1 Å². The Hall–Kier alpha value is -2.35. The minimum absolute atomic E-state index is 0.410. The number of aryl methyl sites for hydroxylation is 1. The molecular formula is C19H18N2. The van der Waals surface area contributed by atoms with Crippen molar-refractivity contribution in [2.75, 3.05) is 0 Å². The van der Waals surface area contributed by atoms with Crippen LogP contribution in [0, 0.1) is 0 Å². The highest BCUT2D eigenvalue weighted by molar-refractivity contribution is 5.68. The molecule has 0 radical (unpaired) electrons. The first-order valence-electron chi connectivity index (χ1n) is 7.58. The van der Waals surface area contributed by atoms with E-state index in [0.717, 1.165) is 6.42 Å². The molecule has 104 valence electrons. The highest BCUT2D eigenvalue weighted by Gasteiger charge is 2.23. The molecule has 0 spiro atoms. The van der Waals surface area contributed by atoms with E-state index in [9.17, 15) is 0 Å². The quantitative estimate of drug-likeness (QED) is 0.674. The van der Waals surface area contributed by atoms with Crippen LogP contribution in [-0.2, 0) is 6.42 Å². The molecule has 0 N–H and O–H groups in total. The van der Waals surface area contributed by atoms with Gasteiger partial charge in [0, 0.05) is 11.9 Å². The Bertz CT molecular complexity index is 743. The molecule has 1 aliphatic heterocycles. The summed E-state index contributed by atoms with van der Waals surface area (Å²) in [7, 11) is 0. The largest absolute Gasteiger partial charge is 0.327 e. The zero-order chi connectivity index (χ0) is 14.1. The van der Waals surface area contributed by atoms with Crippen LogP contribution in [0.1, 0.15) is 30.1 Å². The summed E-state index contributed by atoms with van der Waals surface area (Å²) in [5, 5.41) is 0. The molecule has 3 aromatic rings. The molecule has 1 aromatic heterocycles. The van der Waals surface area contributed by atoms with E-state index in [1.807, 2.05) is 12.5 Å². The number of imidazole rings is 1. The van der Waals surface area contributed by atoms with Gasteiger partial charge in [-0.25, -0.2) is 4.98 Å². The van der Waals surface area contributed by atoms with Crippen molar-refractivity contribution in [3.05, 3.63) is 78.4 Å². The number of aromatic nitrogens is 2. The van der Waals surface area contributed by atoms with E-state index in [4.69, 9.17) is 0 Å². The molecule has 1 atom stereocenters. The Kier molecular flexibility index (Phi) is 3.07. The van der Waals surface area contributed by atoms with Gasteiger partial charge in [-0.2, -0.15) is 0 Å². The maximum Gasteiger partial charge on any atom is 0.0953 e. The van der Waals surface area contributed by atoms with E-state index in [1.165, 1.54) is 35.2 Å². The molecule has 2 nitrogen and oxygen atoms in total. The van der Waals surface area contributed by atoms with Gasteiger partial charge in [0.05, 0.1) is 12.4 Å². The Morgan fingerprint density at radius 2 is 1.76 bits per heavy atom. The Balaban J connectivity index is 1.85. The van der Waals surface area contributed by atoms with Gasteiger partial charge in [-0.3, -0.25) is 0 Å². The number of hydrogen-bond acceptors (Lipinski definition) is 1. The molecule has 21 heavy (non-hydrogen) atoms. The molecule has 0 aliphatic carbocycles. The first-order valence-corrected chi connectivity index (χ1v) is 7.58. The standard InChI is InChI=1S/C19H18N2/c1-2-7-15(8-3-1)17-10-4-5-11-18(17)19-12-6-9-16-13-20-14-21(16)19/h1-5,7-8,10-11,13-14,19H,6,9,12H2/t19-/m0/s1. The molecule has 2 aromatic carbocycles. The summed E-state index contributed by atoms with van der Waals surface area (Å²) in [5.74, 6) is 0. The lowest BCUT2D eigenvalue weighted by atomic mass is 9.90. The predicted octanol–water partition coefficient (Wildman–Crippen LogP) is 4.48. The second-order valence-corrected chi connectivity index (χ2v) is 5.65. The van der Waals surface area contributed by atoms with Crippen molar-refractivity contribution in [2.24, 2.45) is 0 Å². The summed E-state index contributed by atoms with van der Waals surface area (Å²) < 4.78 is 2.35. The smallest absolute Gasteiger partial charge is 0.0953 e. The van der Waals surface area contributed by atoms with Crippen molar-refractivity contribution >= 4 is 0 Å². The van der Waals surface area contributed by atoms with Crippen LogP contribution in [0.4, 0.5) is 0 Å². The molecular weight excluding hydrogens is 256 g/mol. The number of nitrogens with zero attached hydrogens (tertiary/aromatic N) is 2. The van der Waals surface area contributed by atoms with Gasteiger partial charge in [0.15, 0.2) is 0 Å². The minimum atomic E-state index is 0.410. The SMILES string of the molecule is c1ccc(-c2ccccc2[C@@H]2CCCc3cncn32)cc1. The summed E-state index contributed by atoms with van der Waals surface area (Å²) in [6.45, 7) is 0. The lowest BCUT2D eigenvalue weighted by Gasteiger charge is -2.27. The maximum absolute atomic E-state index is 4.34. The fraction of sp³-hybridized carbons (Fsp3) is 0.211. The average molecular weight is 274 g/mol. The molecule has 0 saturated heterocycles. The summed E-state index contributed by atoms with van der Waals surface area (Å²) in [4.78, 5) is 4.34. The highest BCUT2D eigenvalue weighted by Crippen LogP contribution is 2.36. The monoisotopic (exact) mass is 274 g/mol. The number of hydrogen-bond donors (Lipinski definition) is 0. The first kappa shape index (κ1) is 12.4. The zero-order valence-corrected chi connectivity index (χ0v) is 11.9. The van der Waals surface area contributed by atoms with E-state index >= 15 is 0 Å². The second kappa shape index (κ2) is 5.21. The molecule has 2 heterocycles. The Morgan fingerprint density at radius 1 is 0.952 bits per heavy atom. The van der Waals surface area contributed by atoms with Gasteiger partial charge in [0.1, 0.15) is 0 Å². The number of rotatable bonds is 2. The topological polar surface area (TPSA) is 17.8 Å². The van der Waals surface area contributed by atoms with E-state index in [0.29, 0.717) is 6.04 Å². The maximum atomic E-state index is 4.34. The Morgan fingerprint density at radius 3 is 2.67 bits per heavy atom. The number of fused-ring (bicyclic) bond motifs is 1. The van der Waals surface area contributed by atoms with Crippen molar-refractivity contribution < 1.29 is 0 Å². The third kappa shape index (κ3) is 2.17. The van der Waals surface area contributed by atoms with Crippen LogP contribution in [0.3, 0.4) is 0 Å². The van der Waals surface area contributed by atoms with E-state index < -0.39 is 0 Å². The molecule has 4 rings (SSSR count). The molecule has 0 saturated carbocycles. The van der Waals surface area contributed by atoms with Gasteiger partial charge in [-0.15, -0.1) is 0 Å². The zero-order valence-electron chi connectivity index (χ0n) is 11.9. The van der Waals surface area contributed by atoms with Crippen molar-refractivity contribution in [3.63, 3.8) is 0 Å². The fourth-order valence-electron chi connectivity index (χ4n) is 3.40. The normalized spacial score (nSPS) is 17.4. The van der Waals surface area contributed by atoms with Crippen LogP contribution >= 0.6 is 0 Å². The van der Waals surface area contributed by atoms with Crippen molar-refractivity contribution in [3.8, 4) is 11.1 Å². The van der Waals surface area contributed by atoms with Crippen LogP contribution < -0.4 is 0 Å². The molecule has 0 bridgehead atoms. The van der Waals surface area contributed by atoms with Crippen molar-refractivity contribution in [1.82, 2.24) is 9.55 Å². The van der Waals surface area contributed by atoms with Gasteiger partial charge in [-0.1, -0.05) is 54.6 Å². The molecule has 2 heteroatoms. The lowest BCUT2D eigenvalue weighted by Crippen LogP contribution is -2.18. The molecule has 0 unspecified atom stereocenters. The van der Waals surface area contributed by atoms with Crippen molar-refractivity contribution in [2.45, 2.75) is 25.3 Å². The summed E-state index contributed by atoms with van der Waals surface area (Å²) >= 11 is 0. The third-order valence-electron chi connectivity index (χ3n) is 4.40. The van der Waals surface area contributed by atoms with E-state index in [1.54, 1.807) is 0 Å². The third-order valence-corrected chi connectivity index (χ3v) is 4.40. The van der Waals surface area contributed by atoms with Crippen LogP contribution in [0.25, 0.3) is 11.1 Å². The average Bonchev–Trinajstić information content (AvgIpc) is 3.04. The van der Waals surface area contributed by atoms with Crippen LogP contribution in [0.2, 0.25) is 0 Å². The van der Waals surface area contributed by atoms with Crippen LogP contribution in [-0.4, -0.2) is 9.55 Å². The van der Waals surface area contributed by atoms with Crippen LogP contribution in [0.5, 0.6) is 0 Å². The predicted molar refractivity (Wildman–Crippen MR) is 85.2 cm³/mol. The summed E-state index contributed by atoms with van der Waals surface area (Å²) in [5.41, 5.74) is 5.39. The Labute approximate surface area is 125 Å². The van der Waals surface area contributed by atoms with Crippen LogP contribution in [0.15, 0.2) is 67.1 Å². The number of benzene rings is 2. The molecule has 0 amide bonds. The van der Waals surface area contributed by atoms with Gasteiger partial charge in [0.2, 0.25) is 0 Å². The van der Waals surface area contributed by atoms with Gasteiger partial charge < -0.3 is 4.57 Å². The van der Waals surface area contributed by atoms with Crippen molar-refractivity contribution in [1.29, 1.82) is 0 Å². The molecule has 1 aliphatic rings. The van der Waals surface area contributed by atoms with Gasteiger partial charge >= 0.3 is 0 Å². The molecule has 0 fully saturated rings.